The molecule has 0 aromatic heterocycles. The highest BCUT2D eigenvalue weighted by Crippen LogP contribution is 2.26. The van der Waals surface area contributed by atoms with Crippen molar-refractivity contribution < 1.29 is 53.4 Å². The molecular weight excluding hydrogens is 835 g/mol. The maximum absolute atomic E-state index is 14.3. The molecule has 4 rings (SSSR count). The van der Waals surface area contributed by atoms with Crippen molar-refractivity contribution in [1.82, 2.24) is 41.7 Å². The molecule has 8 amide bonds. The van der Waals surface area contributed by atoms with Gasteiger partial charge in [0.2, 0.25) is 47.3 Å². The van der Waals surface area contributed by atoms with Crippen LogP contribution < -0.4 is 43.4 Å². The van der Waals surface area contributed by atoms with Crippen molar-refractivity contribution in [2.24, 2.45) is 22.4 Å². The molecule has 0 unspecified atom stereocenters. The van der Waals surface area contributed by atoms with E-state index in [0.29, 0.717) is 18.4 Å². The minimum absolute atomic E-state index is 0.0262. The van der Waals surface area contributed by atoms with Crippen molar-refractivity contribution >= 4 is 59.2 Å². The monoisotopic (exact) mass is 897 g/mol. The molecule has 3 aliphatic heterocycles. The molecule has 64 heavy (non-hydrogen) atoms. The van der Waals surface area contributed by atoms with E-state index in [2.05, 4.69) is 36.9 Å². The number of aliphatic hydroxyl groups excluding tert-OH is 1. The molecule has 22 nitrogen and oxygen atoms in total. The number of carbonyl (C=O) groups excluding carboxylic acids is 8. The minimum atomic E-state index is -1.81. The van der Waals surface area contributed by atoms with Crippen LogP contribution in [0.4, 0.5) is 0 Å². The number of rotatable bonds is 11. The van der Waals surface area contributed by atoms with E-state index < -0.39 is 114 Å². The van der Waals surface area contributed by atoms with E-state index in [1.165, 1.54) is 23.6 Å². The average Bonchev–Trinajstić information content (AvgIpc) is 3.93. The summed E-state index contributed by atoms with van der Waals surface area (Å²) in [6.07, 6.45) is -1.14. The summed E-state index contributed by atoms with van der Waals surface area (Å²) in [5, 5.41) is 35.7. The summed E-state index contributed by atoms with van der Waals surface area (Å²) in [5.74, 6) is -8.41. The van der Waals surface area contributed by atoms with Crippen LogP contribution in [0.2, 0.25) is 0 Å². The first-order chi connectivity index (χ1) is 30.3. The first-order valence-corrected chi connectivity index (χ1v) is 21.7. The summed E-state index contributed by atoms with van der Waals surface area (Å²) in [7, 11) is 0. The van der Waals surface area contributed by atoms with E-state index in [0.717, 1.165) is 0 Å². The molecule has 3 fully saturated rings. The van der Waals surface area contributed by atoms with Crippen LogP contribution in [0.5, 0.6) is 0 Å². The standard InChI is InChI=1S/C42H63N11O11/c1-22(2)19-29-40(63)53-18-10-15-31(53)41(64)52-17-9-14-30(52)38(61)46-23(3)34(57)48-27(20-25-11-6-5-7-12-25)36(59)47-26(13-8-16-45-42(43)44)35(58)51-33(24(4)54)39(62)49-28(21-32(55)56)37(60)50-29/h5-7,11-12,22-24,26-31,33,54H,8-10,13-21H2,1-4H3,(H,46,61)(H,47,59)(H,48,57)(H,49,62)(H,50,60)(H,51,58)(H,55,56)(H4,43,44,45)/t23-,24+,26-,27-,28-,29-,30-,31+,33-/m0/s1. The van der Waals surface area contributed by atoms with Gasteiger partial charge in [-0.25, -0.2) is 0 Å². The molecule has 22 heteroatoms. The Labute approximate surface area is 371 Å². The van der Waals surface area contributed by atoms with Crippen molar-refractivity contribution in [2.45, 2.75) is 140 Å². The highest BCUT2D eigenvalue weighted by Gasteiger charge is 2.45. The van der Waals surface area contributed by atoms with Crippen molar-refractivity contribution in [1.29, 1.82) is 0 Å². The summed E-state index contributed by atoms with van der Waals surface area (Å²) in [6, 6.07) is -2.18. The summed E-state index contributed by atoms with van der Waals surface area (Å²) in [6.45, 7) is 6.54. The molecule has 1 aromatic carbocycles. The largest absolute Gasteiger partial charge is 0.481 e. The Bertz CT molecular complexity index is 1910. The van der Waals surface area contributed by atoms with Gasteiger partial charge in [0, 0.05) is 26.1 Å². The molecule has 0 saturated carbocycles. The molecule has 0 aliphatic carbocycles. The summed E-state index contributed by atoms with van der Waals surface area (Å²) in [5.41, 5.74) is 11.6. The number of fused-ring (bicyclic) bond motifs is 2. The van der Waals surface area contributed by atoms with Crippen LogP contribution in [0.15, 0.2) is 35.3 Å². The number of aliphatic hydroxyl groups is 1. The number of nitrogens with zero attached hydrogens (tertiary/aromatic N) is 3. The molecular formula is C42H63N11O11. The van der Waals surface area contributed by atoms with E-state index in [9.17, 15) is 53.4 Å². The normalized spacial score (nSPS) is 27.5. The first-order valence-electron chi connectivity index (χ1n) is 21.7. The van der Waals surface area contributed by atoms with Crippen molar-refractivity contribution in [2.75, 3.05) is 19.6 Å². The Hall–Kier alpha value is -6.32. The van der Waals surface area contributed by atoms with Gasteiger partial charge in [-0.05, 0) is 70.3 Å². The number of aliphatic imine (C=N–C) groups is 1. The number of amides is 8. The molecule has 9 atom stereocenters. The van der Waals surface area contributed by atoms with Gasteiger partial charge in [0.1, 0.15) is 48.3 Å². The third-order valence-electron chi connectivity index (χ3n) is 11.3. The topological polar surface area (TPSA) is 337 Å². The van der Waals surface area contributed by atoms with Gasteiger partial charge in [0.25, 0.3) is 0 Å². The van der Waals surface area contributed by atoms with Crippen LogP contribution in [-0.4, -0.2) is 153 Å². The van der Waals surface area contributed by atoms with Crippen LogP contribution in [0, 0.1) is 5.92 Å². The number of carbonyl (C=O) groups is 9. The zero-order valence-electron chi connectivity index (χ0n) is 36.7. The van der Waals surface area contributed by atoms with Crippen LogP contribution >= 0.6 is 0 Å². The fraction of sp³-hybridized carbons (Fsp3) is 0.619. The van der Waals surface area contributed by atoms with Gasteiger partial charge < -0.3 is 63.4 Å². The molecule has 1 aromatic rings. The third kappa shape index (κ3) is 14.1. The Kier molecular flexibility index (Phi) is 18.4. The number of aliphatic carboxylic acids is 1. The Morgan fingerprint density at radius 2 is 1.28 bits per heavy atom. The van der Waals surface area contributed by atoms with Gasteiger partial charge in [-0.2, -0.15) is 0 Å². The van der Waals surface area contributed by atoms with E-state index in [4.69, 9.17) is 11.5 Å². The number of nitrogens with two attached hydrogens (primary N) is 2. The van der Waals surface area contributed by atoms with E-state index in [-0.39, 0.29) is 70.0 Å². The first kappa shape index (κ1) is 50.3. The van der Waals surface area contributed by atoms with Gasteiger partial charge in [-0.15, -0.1) is 0 Å². The van der Waals surface area contributed by atoms with Crippen molar-refractivity contribution in [3.63, 3.8) is 0 Å². The average molecular weight is 898 g/mol. The quantitative estimate of drug-likeness (QED) is 0.0607. The highest BCUT2D eigenvalue weighted by molar-refractivity contribution is 6.00. The smallest absolute Gasteiger partial charge is 0.305 e. The molecule has 0 spiro atoms. The van der Waals surface area contributed by atoms with Gasteiger partial charge >= 0.3 is 5.97 Å². The molecule has 0 bridgehead atoms. The number of guanidine groups is 1. The van der Waals surface area contributed by atoms with Crippen molar-refractivity contribution in [3.8, 4) is 0 Å². The van der Waals surface area contributed by atoms with Crippen LogP contribution in [0.1, 0.15) is 84.6 Å². The van der Waals surface area contributed by atoms with E-state index in [1.54, 1.807) is 44.2 Å². The predicted molar refractivity (Wildman–Crippen MR) is 230 cm³/mol. The lowest BCUT2D eigenvalue weighted by atomic mass is 10.0. The lowest BCUT2D eigenvalue weighted by molar-refractivity contribution is -0.148. The molecule has 3 aliphatic rings. The third-order valence-corrected chi connectivity index (χ3v) is 11.3. The second-order valence-corrected chi connectivity index (χ2v) is 16.9. The van der Waals surface area contributed by atoms with Gasteiger partial charge in [0.05, 0.1) is 12.5 Å². The van der Waals surface area contributed by atoms with Gasteiger partial charge in [-0.1, -0.05) is 44.2 Å². The second-order valence-electron chi connectivity index (χ2n) is 16.9. The molecule has 3 heterocycles. The number of hydrogen-bond donors (Lipinski definition) is 10. The fourth-order valence-corrected chi connectivity index (χ4v) is 8.03. The number of benzene rings is 1. The summed E-state index contributed by atoms with van der Waals surface area (Å²) >= 11 is 0. The maximum atomic E-state index is 14.3. The Morgan fingerprint density at radius 1 is 0.719 bits per heavy atom. The van der Waals surface area contributed by atoms with Gasteiger partial charge in [-0.3, -0.25) is 48.1 Å². The lowest BCUT2D eigenvalue weighted by Crippen LogP contribution is -2.62. The van der Waals surface area contributed by atoms with Crippen LogP contribution in [0.25, 0.3) is 0 Å². The van der Waals surface area contributed by atoms with Crippen LogP contribution in [-0.2, 0) is 49.6 Å². The molecule has 3 saturated heterocycles. The lowest BCUT2D eigenvalue weighted by Gasteiger charge is -2.34. The number of hydrogen-bond acceptors (Lipinski definition) is 11. The number of nitrogens with one attached hydrogen (secondary N) is 6. The van der Waals surface area contributed by atoms with Crippen LogP contribution in [0.3, 0.4) is 0 Å². The second kappa shape index (κ2) is 23.4. The van der Waals surface area contributed by atoms with E-state index in [1.807, 2.05) is 0 Å². The molecule has 12 N–H and O–H groups in total. The number of carboxylic acid groups (broad SMARTS) is 1. The Balaban J connectivity index is 1.76. The molecule has 0 radical (unpaired) electrons. The Morgan fingerprint density at radius 3 is 1.89 bits per heavy atom. The number of carboxylic acids is 1. The zero-order chi connectivity index (χ0) is 47.2. The predicted octanol–water partition coefficient (Wildman–Crippen LogP) is -2.89. The highest BCUT2D eigenvalue weighted by atomic mass is 16.4. The van der Waals surface area contributed by atoms with Crippen molar-refractivity contribution in [3.05, 3.63) is 35.9 Å². The van der Waals surface area contributed by atoms with Gasteiger partial charge in [0.15, 0.2) is 5.96 Å². The summed E-state index contributed by atoms with van der Waals surface area (Å²) in [4.78, 5) is 131. The molecule has 352 valence electrons. The van der Waals surface area contributed by atoms with E-state index >= 15 is 0 Å². The SMILES string of the molecule is CC(C)C[C@@H]1NC(=O)[C@H](CC(=O)O)NC(=O)[C@H]([C@@H](C)O)NC(=O)[C@H](CCCN=C(N)N)NC(=O)[C@H](Cc2ccccc2)NC(=O)[C@H](C)NC(=O)[C@@H]2CCCN2C(=O)[C@H]2CCCN2C1=O. The minimum Gasteiger partial charge on any atom is -0.481 e. The fourth-order valence-electron chi connectivity index (χ4n) is 8.03. The zero-order valence-corrected chi connectivity index (χ0v) is 36.7. The summed E-state index contributed by atoms with van der Waals surface area (Å²) < 4.78 is 0. The maximum Gasteiger partial charge on any atom is 0.305 e.